The standard InChI is InChI=1S/C21H12ClF5N4O2/c1-28-20(32)16-17(15-13(22)3-2-4-14(15)24)30-33-18(16)12-9-29-31(19(12)21(25,26)27)11-7-5-10(23)6-8-11/h2-9H,1H3,(H,28,32). The topological polar surface area (TPSA) is 73.0 Å². The Hall–Kier alpha value is -3.73. The fraction of sp³-hybridized carbons (Fsp3) is 0.0952. The SMILES string of the molecule is CNC(=O)c1c(-c2c(F)cccc2Cl)noc1-c1cnn(-c2ccc(F)cc2)c1C(F)(F)F. The zero-order valence-corrected chi connectivity index (χ0v) is 17.3. The highest BCUT2D eigenvalue weighted by atomic mass is 35.5. The molecule has 0 saturated carbocycles. The van der Waals surface area contributed by atoms with E-state index in [4.69, 9.17) is 16.1 Å². The predicted octanol–water partition coefficient (Wildman–Crippen LogP) is 5.50. The van der Waals surface area contributed by atoms with Crippen molar-refractivity contribution in [2.24, 2.45) is 0 Å². The number of carbonyl (C=O) groups excluding carboxylic acids is 1. The van der Waals surface area contributed by atoms with Crippen LogP contribution in [0, 0.1) is 11.6 Å². The molecule has 12 heteroatoms. The summed E-state index contributed by atoms with van der Waals surface area (Å²) in [5, 5.41) is 9.56. The van der Waals surface area contributed by atoms with E-state index in [1.165, 1.54) is 19.2 Å². The smallest absolute Gasteiger partial charge is 0.355 e. The van der Waals surface area contributed by atoms with Crippen molar-refractivity contribution in [2.45, 2.75) is 6.18 Å². The molecule has 4 aromatic rings. The van der Waals surface area contributed by atoms with Crippen molar-refractivity contribution in [1.82, 2.24) is 20.3 Å². The second-order valence-corrected chi connectivity index (χ2v) is 7.11. The van der Waals surface area contributed by atoms with Gasteiger partial charge in [0.15, 0.2) is 11.5 Å². The number of benzene rings is 2. The Kier molecular flexibility index (Phi) is 5.66. The quantitative estimate of drug-likeness (QED) is 0.390. The number of nitrogens with one attached hydrogen (secondary N) is 1. The van der Waals surface area contributed by atoms with E-state index in [1.54, 1.807) is 0 Å². The van der Waals surface area contributed by atoms with Crippen molar-refractivity contribution >= 4 is 17.5 Å². The third kappa shape index (κ3) is 3.95. The Bertz CT molecular complexity index is 1330. The lowest BCUT2D eigenvalue weighted by molar-refractivity contribution is -0.142. The lowest BCUT2D eigenvalue weighted by atomic mass is 10.0. The van der Waals surface area contributed by atoms with Crippen molar-refractivity contribution in [3.8, 4) is 28.3 Å². The van der Waals surface area contributed by atoms with Gasteiger partial charge in [0.25, 0.3) is 5.91 Å². The summed E-state index contributed by atoms with van der Waals surface area (Å²) >= 11 is 6.06. The van der Waals surface area contributed by atoms with Gasteiger partial charge in [0.1, 0.15) is 22.9 Å². The van der Waals surface area contributed by atoms with Gasteiger partial charge in [-0.05, 0) is 36.4 Å². The molecule has 0 aliphatic heterocycles. The van der Waals surface area contributed by atoms with Gasteiger partial charge in [0.2, 0.25) is 0 Å². The zero-order chi connectivity index (χ0) is 23.9. The van der Waals surface area contributed by atoms with E-state index in [2.05, 4.69) is 15.6 Å². The molecule has 1 amide bonds. The molecule has 2 heterocycles. The van der Waals surface area contributed by atoms with E-state index < -0.39 is 46.3 Å². The summed E-state index contributed by atoms with van der Waals surface area (Å²) < 4.78 is 75.7. The Morgan fingerprint density at radius 3 is 2.42 bits per heavy atom. The number of alkyl halides is 3. The van der Waals surface area contributed by atoms with Crippen molar-refractivity contribution in [1.29, 1.82) is 0 Å². The molecule has 0 atom stereocenters. The van der Waals surface area contributed by atoms with Crippen LogP contribution >= 0.6 is 11.6 Å². The van der Waals surface area contributed by atoms with Gasteiger partial charge in [-0.3, -0.25) is 4.79 Å². The van der Waals surface area contributed by atoms with Gasteiger partial charge < -0.3 is 9.84 Å². The number of hydrogen-bond donors (Lipinski definition) is 1. The van der Waals surface area contributed by atoms with Gasteiger partial charge in [0.05, 0.1) is 28.0 Å². The summed E-state index contributed by atoms with van der Waals surface area (Å²) in [6.45, 7) is 0. The monoisotopic (exact) mass is 482 g/mol. The van der Waals surface area contributed by atoms with Gasteiger partial charge in [-0.2, -0.15) is 18.3 Å². The van der Waals surface area contributed by atoms with E-state index in [0.29, 0.717) is 4.68 Å². The van der Waals surface area contributed by atoms with Crippen molar-refractivity contribution in [3.05, 3.63) is 76.6 Å². The molecule has 0 spiro atoms. The van der Waals surface area contributed by atoms with Crippen LogP contribution in [0.4, 0.5) is 22.0 Å². The minimum Gasteiger partial charge on any atom is -0.355 e. The van der Waals surface area contributed by atoms with Crippen LogP contribution in [0.2, 0.25) is 5.02 Å². The van der Waals surface area contributed by atoms with Crippen molar-refractivity contribution < 1.29 is 31.3 Å². The van der Waals surface area contributed by atoms with Crippen LogP contribution in [0.1, 0.15) is 16.1 Å². The van der Waals surface area contributed by atoms with Crippen LogP contribution in [-0.4, -0.2) is 27.9 Å². The molecule has 0 aliphatic carbocycles. The molecule has 2 aromatic heterocycles. The number of carbonyl (C=O) groups is 1. The number of amides is 1. The Morgan fingerprint density at radius 2 is 1.82 bits per heavy atom. The van der Waals surface area contributed by atoms with Crippen molar-refractivity contribution in [2.75, 3.05) is 7.05 Å². The molecule has 0 aliphatic rings. The Balaban J connectivity index is 2.00. The molecule has 0 radical (unpaired) electrons. The summed E-state index contributed by atoms with van der Waals surface area (Å²) in [4.78, 5) is 12.6. The molecule has 6 nitrogen and oxygen atoms in total. The predicted molar refractivity (Wildman–Crippen MR) is 108 cm³/mol. The normalized spacial score (nSPS) is 11.6. The van der Waals surface area contributed by atoms with E-state index in [0.717, 1.165) is 36.5 Å². The van der Waals surface area contributed by atoms with Crippen LogP contribution in [0.3, 0.4) is 0 Å². The number of aromatic nitrogens is 3. The maximum absolute atomic E-state index is 14.5. The average Bonchev–Trinajstić information content (AvgIpc) is 3.38. The van der Waals surface area contributed by atoms with Gasteiger partial charge >= 0.3 is 6.18 Å². The highest BCUT2D eigenvalue weighted by molar-refractivity contribution is 6.33. The van der Waals surface area contributed by atoms with E-state index in [9.17, 15) is 26.7 Å². The first-order valence-corrected chi connectivity index (χ1v) is 9.59. The first-order valence-electron chi connectivity index (χ1n) is 9.21. The summed E-state index contributed by atoms with van der Waals surface area (Å²) in [7, 11) is 1.23. The molecule has 2 aromatic carbocycles. The molecule has 33 heavy (non-hydrogen) atoms. The molecular formula is C21H12ClF5N4O2. The average molecular weight is 483 g/mol. The number of halogens is 6. The third-order valence-electron chi connectivity index (χ3n) is 4.70. The molecule has 0 bridgehead atoms. The van der Waals surface area contributed by atoms with Gasteiger partial charge in [-0.1, -0.05) is 22.8 Å². The minimum absolute atomic E-state index is 0.0895. The fourth-order valence-corrected chi connectivity index (χ4v) is 3.52. The van der Waals surface area contributed by atoms with Crippen LogP contribution in [0.5, 0.6) is 0 Å². The first-order chi connectivity index (χ1) is 15.6. The van der Waals surface area contributed by atoms with Crippen LogP contribution < -0.4 is 5.32 Å². The summed E-state index contributed by atoms with van der Waals surface area (Å²) in [6, 6.07) is 7.85. The number of rotatable bonds is 4. The van der Waals surface area contributed by atoms with Crippen molar-refractivity contribution in [3.63, 3.8) is 0 Å². The number of hydrogen-bond acceptors (Lipinski definition) is 4. The van der Waals surface area contributed by atoms with E-state index in [-0.39, 0.29) is 22.0 Å². The highest BCUT2D eigenvalue weighted by Crippen LogP contribution is 2.42. The molecule has 170 valence electrons. The first kappa shape index (κ1) is 22.5. The third-order valence-corrected chi connectivity index (χ3v) is 5.01. The maximum atomic E-state index is 14.5. The maximum Gasteiger partial charge on any atom is 0.434 e. The lowest BCUT2D eigenvalue weighted by Crippen LogP contribution is -2.20. The zero-order valence-electron chi connectivity index (χ0n) is 16.5. The van der Waals surface area contributed by atoms with E-state index >= 15 is 0 Å². The Morgan fingerprint density at radius 1 is 1.12 bits per heavy atom. The van der Waals surface area contributed by atoms with Crippen LogP contribution in [0.25, 0.3) is 28.3 Å². The summed E-state index contributed by atoms with van der Waals surface area (Å²) in [5.41, 5.74) is -3.18. The second kappa shape index (κ2) is 8.32. The molecular weight excluding hydrogens is 471 g/mol. The van der Waals surface area contributed by atoms with Gasteiger partial charge in [-0.25, -0.2) is 13.5 Å². The largest absolute Gasteiger partial charge is 0.434 e. The Labute approximate surface area is 187 Å². The number of nitrogens with zero attached hydrogens (tertiary/aromatic N) is 3. The second-order valence-electron chi connectivity index (χ2n) is 6.70. The minimum atomic E-state index is -4.97. The highest BCUT2D eigenvalue weighted by Gasteiger charge is 2.42. The van der Waals surface area contributed by atoms with Crippen LogP contribution in [-0.2, 0) is 6.18 Å². The molecule has 0 saturated heterocycles. The summed E-state index contributed by atoms with van der Waals surface area (Å²) in [6.07, 6.45) is -4.14. The summed E-state index contributed by atoms with van der Waals surface area (Å²) in [5.74, 6) is -2.98. The van der Waals surface area contributed by atoms with Gasteiger partial charge in [0, 0.05) is 7.05 Å². The van der Waals surface area contributed by atoms with E-state index in [1.807, 2.05) is 0 Å². The molecule has 0 unspecified atom stereocenters. The van der Waals surface area contributed by atoms with Gasteiger partial charge in [-0.15, -0.1) is 0 Å². The molecule has 1 N–H and O–H groups in total. The fourth-order valence-electron chi connectivity index (χ4n) is 3.27. The molecule has 4 rings (SSSR count). The molecule has 0 fully saturated rings. The lowest BCUT2D eigenvalue weighted by Gasteiger charge is -2.12. The van der Waals surface area contributed by atoms with Crippen LogP contribution in [0.15, 0.2) is 53.2 Å².